The first-order valence-electron chi connectivity index (χ1n) is 8.12. The summed E-state index contributed by atoms with van der Waals surface area (Å²) < 4.78 is 7.23. The number of carbonyl (C=O) groups is 1. The number of amides is 1. The predicted molar refractivity (Wildman–Crippen MR) is 101 cm³/mol. The second-order valence-electron chi connectivity index (χ2n) is 5.85. The molecule has 8 heteroatoms. The Kier molecular flexibility index (Phi) is 4.43. The number of halogens is 1. The number of aryl methyl sites for hydroxylation is 1. The molecule has 0 radical (unpaired) electrons. The van der Waals surface area contributed by atoms with Crippen LogP contribution in [0.2, 0.25) is 5.02 Å². The van der Waals surface area contributed by atoms with Gasteiger partial charge in [0, 0.05) is 11.3 Å². The van der Waals surface area contributed by atoms with Gasteiger partial charge >= 0.3 is 0 Å². The van der Waals surface area contributed by atoms with E-state index in [1.165, 1.54) is 6.33 Å². The summed E-state index contributed by atoms with van der Waals surface area (Å²) in [7, 11) is 0. The zero-order valence-corrected chi connectivity index (χ0v) is 15.0. The largest absolute Gasteiger partial charge is 0.451 e. The van der Waals surface area contributed by atoms with Crippen LogP contribution < -0.4 is 5.32 Å². The van der Waals surface area contributed by atoms with E-state index in [1.807, 2.05) is 37.3 Å². The fourth-order valence-electron chi connectivity index (χ4n) is 2.72. The maximum absolute atomic E-state index is 12.5. The highest BCUT2D eigenvalue weighted by Gasteiger charge is 2.14. The highest BCUT2D eigenvalue weighted by Crippen LogP contribution is 2.29. The molecule has 0 aliphatic rings. The molecule has 1 N–H and O–H groups in total. The van der Waals surface area contributed by atoms with Crippen LogP contribution in [0.5, 0.6) is 0 Å². The summed E-state index contributed by atoms with van der Waals surface area (Å²) in [6.07, 6.45) is 1.51. The normalized spacial score (nSPS) is 10.7. The molecule has 2 aromatic carbocycles. The van der Waals surface area contributed by atoms with Crippen molar-refractivity contribution in [2.24, 2.45) is 0 Å². The molecular formula is C19H14ClN5O2. The molecule has 0 saturated heterocycles. The average molecular weight is 380 g/mol. The van der Waals surface area contributed by atoms with Crippen LogP contribution in [0.25, 0.3) is 17.0 Å². The van der Waals surface area contributed by atoms with Gasteiger partial charge in [0.25, 0.3) is 5.91 Å². The van der Waals surface area contributed by atoms with E-state index in [0.717, 1.165) is 16.8 Å². The number of nitrogens with one attached hydrogen (secondary N) is 1. The molecule has 4 rings (SSSR count). The minimum absolute atomic E-state index is 0.201. The molecule has 27 heavy (non-hydrogen) atoms. The van der Waals surface area contributed by atoms with Crippen molar-refractivity contribution in [3.8, 4) is 17.0 Å². The molecule has 0 spiro atoms. The van der Waals surface area contributed by atoms with Crippen LogP contribution in [0.4, 0.5) is 5.69 Å². The summed E-state index contributed by atoms with van der Waals surface area (Å²) in [6.45, 7) is 1.91. The number of benzene rings is 2. The van der Waals surface area contributed by atoms with Crippen LogP contribution in [0.3, 0.4) is 0 Å². The number of carbonyl (C=O) groups excluding carboxylic acids is 1. The van der Waals surface area contributed by atoms with Crippen molar-refractivity contribution in [3.63, 3.8) is 0 Å². The van der Waals surface area contributed by atoms with Gasteiger partial charge in [0.2, 0.25) is 0 Å². The number of anilines is 1. The molecule has 2 heterocycles. The molecule has 0 atom stereocenters. The predicted octanol–water partition coefficient (Wildman–Crippen LogP) is 4.14. The first-order valence-corrected chi connectivity index (χ1v) is 8.50. The van der Waals surface area contributed by atoms with Gasteiger partial charge in [-0.2, -0.15) is 0 Å². The lowest BCUT2D eigenvalue weighted by Gasteiger charge is -2.08. The first kappa shape index (κ1) is 17.0. The minimum atomic E-state index is -0.345. The number of nitrogens with zero attached hydrogens (tertiary/aromatic N) is 4. The fourth-order valence-corrected chi connectivity index (χ4v) is 2.95. The van der Waals surface area contributed by atoms with Crippen LogP contribution in [0.1, 0.15) is 16.1 Å². The summed E-state index contributed by atoms with van der Waals surface area (Å²) in [5.74, 6) is 0.394. The quantitative estimate of drug-likeness (QED) is 0.576. The van der Waals surface area contributed by atoms with Gasteiger partial charge in [-0.15, -0.1) is 5.10 Å². The molecule has 134 valence electrons. The van der Waals surface area contributed by atoms with Crippen molar-refractivity contribution in [3.05, 3.63) is 77.3 Å². The van der Waals surface area contributed by atoms with Gasteiger partial charge in [0.15, 0.2) is 5.76 Å². The third-order valence-electron chi connectivity index (χ3n) is 4.02. The standard InChI is InChI=1S/C19H14ClN5O2/c1-12-10-13(6-7-16(12)25-11-21-23-24-25)22-19(26)18-9-8-17(27-18)14-4-2-3-5-15(14)20/h2-11H,1H3,(H,22,26). The number of tetrazole rings is 1. The van der Waals surface area contributed by atoms with E-state index in [4.69, 9.17) is 16.0 Å². The fraction of sp³-hybridized carbons (Fsp3) is 0.0526. The Hall–Kier alpha value is -3.45. The zero-order chi connectivity index (χ0) is 18.8. The van der Waals surface area contributed by atoms with Crippen molar-refractivity contribution in [1.29, 1.82) is 0 Å². The Bertz CT molecular complexity index is 1110. The second kappa shape index (κ2) is 7.05. The number of rotatable bonds is 4. The molecule has 0 aliphatic carbocycles. The minimum Gasteiger partial charge on any atom is -0.451 e. The van der Waals surface area contributed by atoms with E-state index >= 15 is 0 Å². The van der Waals surface area contributed by atoms with Gasteiger partial charge in [-0.3, -0.25) is 4.79 Å². The smallest absolute Gasteiger partial charge is 0.291 e. The summed E-state index contributed by atoms with van der Waals surface area (Å²) in [5, 5.41) is 14.5. The lowest BCUT2D eigenvalue weighted by atomic mass is 10.1. The van der Waals surface area contributed by atoms with Crippen LogP contribution in [-0.2, 0) is 0 Å². The van der Waals surface area contributed by atoms with Crippen molar-refractivity contribution in [2.45, 2.75) is 6.92 Å². The van der Waals surface area contributed by atoms with Crippen LogP contribution >= 0.6 is 11.6 Å². The molecular weight excluding hydrogens is 366 g/mol. The number of hydrogen-bond acceptors (Lipinski definition) is 5. The molecule has 0 bridgehead atoms. The Morgan fingerprint density at radius 2 is 2.00 bits per heavy atom. The second-order valence-corrected chi connectivity index (χ2v) is 6.26. The SMILES string of the molecule is Cc1cc(NC(=O)c2ccc(-c3ccccc3Cl)o2)ccc1-n1cnnn1. The lowest BCUT2D eigenvalue weighted by Crippen LogP contribution is -2.11. The number of hydrogen-bond donors (Lipinski definition) is 1. The summed E-state index contributed by atoms with van der Waals surface area (Å²) in [4.78, 5) is 12.5. The Balaban J connectivity index is 1.53. The first-order chi connectivity index (χ1) is 13.1. The highest BCUT2D eigenvalue weighted by atomic mass is 35.5. The summed E-state index contributed by atoms with van der Waals surface area (Å²) in [5.41, 5.74) is 3.12. The van der Waals surface area contributed by atoms with Gasteiger partial charge in [-0.05, 0) is 65.4 Å². The average Bonchev–Trinajstić information content (AvgIpc) is 3.34. The van der Waals surface area contributed by atoms with Gasteiger partial charge in [0.1, 0.15) is 12.1 Å². The maximum atomic E-state index is 12.5. The summed E-state index contributed by atoms with van der Waals surface area (Å²) in [6, 6.07) is 16.1. The van der Waals surface area contributed by atoms with Crippen molar-refractivity contribution in [2.75, 3.05) is 5.32 Å². The van der Waals surface area contributed by atoms with Crippen molar-refractivity contribution >= 4 is 23.2 Å². The monoisotopic (exact) mass is 379 g/mol. The third-order valence-corrected chi connectivity index (χ3v) is 4.35. The molecule has 0 saturated carbocycles. The van der Waals surface area contributed by atoms with Crippen LogP contribution in [0, 0.1) is 6.92 Å². The lowest BCUT2D eigenvalue weighted by molar-refractivity contribution is 0.0997. The van der Waals surface area contributed by atoms with Crippen molar-refractivity contribution < 1.29 is 9.21 Å². The van der Waals surface area contributed by atoms with Crippen molar-refractivity contribution in [1.82, 2.24) is 20.2 Å². The number of furan rings is 1. The van der Waals surface area contributed by atoms with Gasteiger partial charge in [-0.1, -0.05) is 23.7 Å². The topological polar surface area (TPSA) is 85.8 Å². The van der Waals surface area contributed by atoms with Crippen LogP contribution in [-0.4, -0.2) is 26.1 Å². The molecule has 4 aromatic rings. The molecule has 1 amide bonds. The van der Waals surface area contributed by atoms with E-state index in [-0.39, 0.29) is 11.7 Å². The van der Waals surface area contributed by atoms with E-state index < -0.39 is 0 Å². The zero-order valence-electron chi connectivity index (χ0n) is 14.3. The van der Waals surface area contributed by atoms with Gasteiger partial charge in [-0.25, -0.2) is 4.68 Å². The molecule has 0 fully saturated rings. The highest BCUT2D eigenvalue weighted by molar-refractivity contribution is 6.33. The summed E-state index contributed by atoms with van der Waals surface area (Å²) >= 11 is 6.18. The maximum Gasteiger partial charge on any atom is 0.291 e. The Morgan fingerprint density at radius 1 is 1.15 bits per heavy atom. The van der Waals surface area contributed by atoms with E-state index in [0.29, 0.717) is 16.5 Å². The van der Waals surface area contributed by atoms with Gasteiger partial charge < -0.3 is 9.73 Å². The molecule has 0 aliphatic heterocycles. The van der Waals surface area contributed by atoms with E-state index in [1.54, 1.807) is 28.9 Å². The number of aromatic nitrogens is 4. The molecule has 2 aromatic heterocycles. The Morgan fingerprint density at radius 3 is 2.74 bits per heavy atom. The molecule has 7 nitrogen and oxygen atoms in total. The van der Waals surface area contributed by atoms with Gasteiger partial charge in [0.05, 0.1) is 10.7 Å². The Labute approximate surface area is 159 Å². The van der Waals surface area contributed by atoms with E-state index in [2.05, 4.69) is 20.8 Å². The van der Waals surface area contributed by atoms with E-state index in [9.17, 15) is 4.79 Å². The third kappa shape index (κ3) is 3.45. The van der Waals surface area contributed by atoms with Crippen LogP contribution in [0.15, 0.2) is 65.3 Å². The molecule has 0 unspecified atom stereocenters.